The summed E-state index contributed by atoms with van der Waals surface area (Å²) < 4.78 is 13.0. The number of pyridine rings is 6. The van der Waals surface area contributed by atoms with Crippen LogP contribution in [0, 0.1) is 98.7 Å². The topological polar surface area (TPSA) is 104 Å². The van der Waals surface area contributed by atoms with Gasteiger partial charge in [0, 0.05) is 234 Å². The molecule has 1 aliphatic carbocycles. The van der Waals surface area contributed by atoms with E-state index in [2.05, 4.69) is 343 Å². The number of nitrogens with zero attached hydrogens (tertiary/aromatic N) is 12. The second-order valence-electron chi connectivity index (χ2n) is 34.6. The van der Waals surface area contributed by atoms with Crippen LogP contribution >= 0.6 is 0 Å². The maximum absolute atomic E-state index is 4.60. The molecule has 0 bridgehead atoms. The number of hydrogen-bond donors (Lipinski definition) is 0. The van der Waals surface area contributed by atoms with Gasteiger partial charge in [0.2, 0.25) is 0 Å². The maximum Gasteiger partial charge on any atom is 0.0608 e. The van der Waals surface area contributed by atoms with Gasteiger partial charge in [-0.25, -0.2) is 0 Å². The Labute approximate surface area is 863 Å². The monoisotopic (exact) mass is 2820 g/mol. The number of imidazole rings is 6. The number of aryl methyl sites for hydroxylation is 9. The summed E-state index contributed by atoms with van der Waals surface area (Å²) in [5, 5.41) is 21.4. The average molecular weight is 2820 g/mol. The molecule has 135 heavy (non-hydrogen) atoms. The van der Waals surface area contributed by atoms with E-state index in [9.17, 15) is 0 Å². The summed E-state index contributed by atoms with van der Waals surface area (Å²) in [6.45, 7) is 19.4. The molecule has 0 atom stereocenters. The zero-order valence-electron chi connectivity index (χ0n) is 75.5. The van der Waals surface area contributed by atoms with Crippen LogP contribution in [0.5, 0.6) is 0 Å². The molecule has 0 unspecified atom stereocenters. The number of benzene rings is 14. The Hall–Kier alpha value is -11.8. The van der Waals surface area contributed by atoms with Gasteiger partial charge in [0.05, 0.1) is 33.9 Å². The molecule has 12 nitrogen and oxygen atoms in total. The van der Waals surface area contributed by atoms with E-state index in [0.717, 1.165) is 72.1 Å². The van der Waals surface area contributed by atoms with Crippen molar-refractivity contribution in [1.29, 1.82) is 0 Å². The molecule has 1 saturated carbocycles. The first-order chi connectivity index (χ1) is 63.2. The van der Waals surface area contributed by atoms with Crippen molar-refractivity contribution in [3.8, 4) is 22.3 Å². The third-order valence-electron chi connectivity index (χ3n) is 26.3. The first kappa shape index (κ1) is 96.4. The number of aromatic nitrogens is 12. The van der Waals surface area contributed by atoms with Gasteiger partial charge in [-0.05, 0) is 194 Å². The van der Waals surface area contributed by atoms with E-state index in [1.54, 1.807) is 0 Å². The van der Waals surface area contributed by atoms with Gasteiger partial charge in [0.1, 0.15) is 0 Å². The van der Waals surface area contributed by atoms with Gasteiger partial charge < -0.3 is 26.4 Å². The van der Waals surface area contributed by atoms with Crippen LogP contribution in [0.1, 0.15) is 93.7 Å². The third-order valence-corrected chi connectivity index (χ3v) is 26.3. The largest absolute Gasteiger partial charge is 0.340 e. The normalized spacial score (nSPS) is 11.9. The van der Waals surface area contributed by atoms with Crippen LogP contribution in [0.4, 0.5) is 0 Å². The Morgan fingerprint density at radius 1 is 0.244 bits per heavy atom. The second-order valence-corrected chi connectivity index (χ2v) is 34.6. The molecule has 0 amide bonds. The average Bonchev–Trinajstić information content (AvgIpc) is 1.71. The molecule has 12 aromatic heterocycles. The van der Waals surface area contributed by atoms with E-state index >= 15 is 0 Å². The van der Waals surface area contributed by atoms with E-state index in [4.69, 9.17) is 0 Å². The third kappa shape index (κ3) is 17.6. The number of fused-ring (bicyclic) bond motifs is 36. The molecule has 6 radical (unpaired) electrons. The quantitative estimate of drug-likeness (QED) is 0.129. The molecule has 0 saturated heterocycles. The van der Waals surface area contributed by atoms with E-state index in [0.29, 0.717) is 0 Å². The Kier molecular flexibility index (Phi) is 29.0. The SMILES string of the molecule is Cc1cc(C)c2c(c1)c1ccc[c-]c1c1nccn12.Cc1cc2c3ccc[c-]c3c3nccn3c2cc1C.Cc1ccc(-c2cc(C)cc3c4ccc[c-]c4c4nccn4c23)cc1.Cc1ccc2c(c1)c1ccc[c-]c1c1nccn21.Cc1cccc(C)c1-c1ccc2c(c1)c1ccc[c-]c1c1nccn21.[Ir].[Ir].[Ir].[Ir].[Ir].[Ir].[c-]1cccc2c1c1nccn1c1ccc(C3CCCCC3)cc21. The molecule has 0 spiro atoms. The second kappa shape index (κ2) is 40.6. The van der Waals surface area contributed by atoms with Gasteiger partial charge in [-0.15, -0.1) is 178 Å². The minimum atomic E-state index is 0. The van der Waals surface area contributed by atoms with Crippen molar-refractivity contribution in [1.82, 2.24) is 56.3 Å². The van der Waals surface area contributed by atoms with Crippen LogP contribution in [0.2, 0.25) is 0 Å². The van der Waals surface area contributed by atoms with E-state index in [-0.39, 0.29) is 121 Å². The number of rotatable bonds is 3. The molecule has 678 valence electrons. The summed E-state index contributed by atoms with van der Waals surface area (Å²) >= 11 is 0. The van der Waals surface area contributed by atoms with Crippen molar-refractivity contribution in [2.75, 3.05) is 0 Å². The molecule has 26 aromatic rings. The first-order valence-electron chi connectivity index (χ1n) is 44.4. The van der Waals surface area contributed by atoms with Crippen LogP contribution < -0.4 is 0 Å². The van der Waals surface area contributed by atoms with Gasteiger partial charge in [-0.2, -0.15) is 0 Å². The smallest absolute Gasteiger partial charge is 0.0608 e. The van der Waals surface area contributed by atoms with Crippen molar-refractivity contribution in [2.45, 2.75) is 100 Å². The predicted octanol–water partition coefficient (Wildman–Crippen LogP) is 28.8. The van der Waals surface area contributed by atoms with Gasteiger partial charge in [0.25, 0.3) is 0 Å². The van der Waals surface area contributed by atoms with Crippen molar-refractivity contribution < 1.29 is 121 Å². The summed E-state index contributed by atoms with van der Waals surface area (Å²) in [6.07, 6.45) is 30.2. The van der Waals surface area contributed by atoms with Crippen LogP contribution in [-0.2, 0) is 121 Å². The summed E-state index contributed by atoms with van der Waals surface area (Å²) in [6, 6.07) is 106. The fraction of sp³-hybridized carbons (Fsp3) is 0.128. The molecule has 1 aliphatic rings. The predicted molar refractivity (Wildman–Crippen MR) is 534 cm³/mol. The minimum absolute atomic E-state index is 0. The molecule has 18 heteroatoms. The Balaban J connectivity index is 0.000000117. The Morgan fingerprint density at radius 2 is 0.585 bits per heavy atom. The Morgan fingerprint density at radius 3 is 1.04 bits per heavy atom. The van der Waals surface area contributed by atoms with E-state index < -0.39 is 0 Å². The molecular weight excluding hydrogens is 2730 g/mol. The molecule has 14 aromatic carbocycles. The molecule has 12 heterocycles. The Bertz CT molecular complexity index is 8950. The summed E-state index contributed by atoms with van der Waals surface area (Å²) in [5.74, 6) is 0.731. The van der Waals surface area contributed by atoms with Crippen LogP contribution in [0.3, 0.4) is 0 Å². The summed E-state index contributed by atoms with van der Waals surface area (Å²) in [4.78, 5) is 27.1. The fourth-order valence-corrected chi connectivity index (χ4v) is 20.2. The van der Waals surface area contributed by atoms with Gasteiger partial charge >= 0.3 is 0 Å². The summed E-state index contributed by atoms with van der Waals surface area (Å²) in [5.41, 5.74) is 31.3. The molecule has 27 rings (SSSR count). The van der Waals surface area contributed by atoms with E-state index in [1.165, 1.54) is 208 Å². The summed E-state index contributed by atoms with van der Waals surface area (Å²) in [7, 11) is 0. The van der Waals surface area contributed by atoms with Crippen molar-refractivity contribution in [2.24, 2.45) is 0 Å². The zero-order valence-corrected chi connectivity index (χ0v) is 89.9. The molecule has 0 aliphatic heterocycles. The molecule has 1 fully saturated rings. The van der Waals surface area contributed by atoms with Crippen molar-refractivity contribution in [3.05, 3.63) is 409 Å². The number of hydrogen-bond acceptors (Lipinski definition) is 6. The van der Waals surface area contributed by atoms with Crippen molar-refractivity contribution >= 4 is 164 Å². The van der Waals surface area contributed by atoms with E-state index in [1.807, 2.05) is 129 Å². The van der Waals surface area contributed by atoms with Crippen molar-refractivity contribution in [3.63, 3.8) is 0 Å². The minimum Gasteiger partial charge on any atom is -0.340 e. The van der Waals surface area contributed by atoms with Crippen LogP contribution in [0.25, 0.3) is 186 Å². The standard InChI is InChI=1S/2C23H17N2.C21H19N2.2C17H13N2.C16H11N2.6Ir/c1-15-6-5-7-16(2)22(15)17-10-11-21-20(14-17)18-8-3-4-9-19(18)23-24-12-13-25(21)23;1-15-7-9-17(10-8-15)20-13-16(2)14-21-18-5-3-4-6-19(18)23-24-11-12-25(23)22(20)21;1-2-6-15(7-3-1)16-10-11-20-19(14-16)17-8-4-5-9-18(17)21-22-12-13-23(20)21;1-11-9-15-13-5-3-4-6-14(13)17-18-7-8-19(17)16(15)10-12(11)2;1-11-9-12(2)16-15(10-11)13-5-3-4-6-14(13)17-18-7-8-19(16)17;1-11-6-7-15-14(10-11)12-4-2-3-5-13(12)16-17-8-9-18(15)16;;;;;;/h3-8,10-14H,1-2H3;3-5,7-14H,1-2H3;4-5,8,10-15H,1-3,6-7H2;2*3-5,7-10H,1-2H3;2-4,6-10H,1H3;;;;;;/q6*-1;;;;;;. The molecule has 0 N–H and O–H groups in total. The van der Waals surface area contributed by atoms with Gasteiger partial charge in [0.15, 0.2) is 0 Å². The fourth-order valence-electron chi connectivity index (χ4n) is 20.2. The van der Waals surface area contributed by atoms with Gasteiger partial charge in [-0.1, -0.05) is 177 Å². The zero-order chi connectivity index (χ0) is 87.2. The van der Waals surface area contributed by atoms with Crippen LogP contribution in [0.15, 0.2) is 317 Å². The van der Waals surface area contributed by atoms with Crippen LogP contribution in [-0.4, -0.2) is 56.3 Å². The first-order valence-corrected chi connectivity index (χ1v) is 44.4. The molecular formula is C117H90Ir6N12-6. The maximum atomic E-state index is 4.60. The van der Waals surface area contributed by atoms with Gasteiger partial charge in [-0.3, -0.25) is 29.9 Å².